The molecule has 2 heterocycles. The van der Waals surface area contributed by atoms with Gasteiger partial charge in [-0.1, -0.05) is 0 Å². The molecular weight excluding hydrogens is 224 g/mol. The van der Waals surface area contributed by atoms with Crippen molar-refractivity contribution in [3.8, 4) is 0 Å². The summed E-state index contributed by atoms with van der Waals surface area (Å²) in [6, 6.07) is 5.24. The molecule has 16 heavy (non-hydrogen) atoms. The van der Waals surface area contributed by atoms with E-state index in [1.54, 1.807) is 6.07 Å². The molecule has 3 nitrogen and oxygen atoms in total. The zero-order chi connectivity index (χ0) is 11.0. The van der Waals surface area contributed by atoms with Crippen LogP contribution in [0.5, 0.6) is 0 Å². The lowest BCUT2D eigenvalue weighted by Crippen LogP contribution is -2.32. The van der Waals surface area contributed by atoms with Gasteiger partial charge < -0.3 is 9.73 Å². The summed E-state index contributed by atoms with van der Waals surface area (Å²) in [6.07, 6.45) is 4.06. The van der Waals surface area contributed by atoms with Crippen LogP contribution in [0, 0.1) is 0 Å². The number of hydrogen-bond acceptors (Lipinski definition) is 3. The highest BCUT2D eigenvalue weighted by molar-refractivity contribution is 6.28. The summed E-state index contributed by atoms with van der Waals surface area (Å²) >= 11 is 5.73. The van der Waals surface area contributed by atoms with Gasteiger partial charge in [0.25, 0.3) is 0 Å². The van der Waals surface area contributed by atoms with E-state index in [4.69, 9.17) is 16.0 Å². The smallest absolute Gasteiger partial charge is 0.193 e. The molecule has 0 radical (unpaired) electrons. The van der Waals surface area contributed by atoms with E-state index < -0.39 is 0 Å². The maximum absolute atomic E-state index is 5.73. The molecule has 4 heteroatoms. The molecule has 1 N–H and O–H groups in total. The number of halogens is 1. The zero-order valence-corrected chi connectivity index (χ0v) is 10.0. The third-order valence-corrected chi connectivity index (χ3v) is 3.68. The third-order valence-electron chi connectivity index (χ3n) is 3.48. The molecule has 0 bridgehead atoms. The van der Waals surface area contributed by atoms with Gasteiger partial charge >= 0.3 is 0 Å². The van der Waals surface area contributed by atoms with E-state index in [0.29, 0.717) is 11.3 Å². The van der Waals surface area contributed by atoms with Crippen LogP contribution >= 0.6 is 11.6 Å². The second-order valence-corrected chi connectivity index (χ2v) is 5.17. The molecule has 1 unspecified atom stereocenters. The standard InChI is InChI=1S/C12H17ClN2O/c13-12-4-3-11(16-12)7-14-9-5-6-15(8-9)10-1-2-10/h3-4,9-10,14H,1-2,5-8H2. The maximum Gasteiger partial charge on any atom is 0.193 e. The van der Waals surface area contributed by atoms with Crippen molar-refractivity contribution >= 4 is 11.6 Å². The molecule has 1 atom stereocenters. The van der Waals surface area contributed by atoms with E-state index in [0.717, 1.165) is 18.3 Å². The average Bonchev–Trinajstić information content (AvgIpc) is 2.87. The summed E-state index contributed by atoms with van der Waals surface area (Å²) in [5.74, 6) is 0.926. The van der Waals surface area contributed by atoms with Crippen molar-refractivity contribution in [2.45, 2.75) is 37.9 Å². The Morgan fingerprint density at radius 2 is 2.25 bits per heavy atom. The molecule has 0 spiro atoms. The van der Waals surface area contributed by atoms with Crippen LogP contribution in [0.25, 0.3) is 0 Å². The number of rotatable bonds is 4. The Morgan fingerprint density at radius 1 is 1.38 bits per heavy atom. The first-order chi connectivity index (χ1) is 7.81. The van der Waals surface area contributed by atoms with Gasteiger partial charge in [-0.2, -0.15) is 0 Å². The van der Waals surface area contributed by atoms with Crippen molar-refractivity contribution in [3.63, 3.8) is 0 Å². The highest BCUT2D eigenvalue weighted by atomic mass is 35.5. The number of hydrogen-bond donors (Lipinski definition) is 1. The Morgan fingerprint density at radius 3 is 2.94 bits per heavy atom. The summed E-state index contributed by atoms with van der Waals surface area (Å²) in [7, 11) is 0. The van der Waals surface area contributed by atoms with Crippen molar-refractivity contribution in [2.75, 3.05) is 13.1 Å². The second kappa shape index (κ2) is 4.40. The van der Waals surface area contributed by atoms with Crippen LogP contribution in [0.3, 0.4) is 0 Å². The van der Waals surface area contributed by atoms with Gasteiger partial charge in [-0.25, -0.2) is 0 Å². The Hall–Kier alpha value is -0.510. The molecule has 1 aliphatic heterocycles. The predicted octanol–water partition coefficient (Wildman–Crippen LogP) is 2.26. The van der Waals surface area contributed by atoms with Crippen LogP contribution in [0.1, 0.15) is 25.0 Å². The van der Waals surface area contributed by atoms with Crippen molar-refractivity contribution in [3.05, 3.63) is 23.1 Å². The maximum atomic E-state index is 5.73. The van der Waals surface area contributed by atoms with Crippen molar-refractivity contribution in [1.82, 2.24) is 10.2 Å². The Bertz CT molecular complexity index is 362. The van der Waals surface area contributed by atoms with Gasteiger partial charge in [-0.05, 0) is 43.0 Å². The predicted molar refractivity (Wildman–Crippen MR) is 63.6 cm³/mol. The number of nitrogens with zero attached hydrogens (tertiary/aromatic N) is 1. The van der Waals surface area contributed by atoms with Crippen LogP contribution in [0.2, 0.25) is 5.22 Å². The van der Waals surface area contributed by atoms with Crippen LogP contribution in [-0.2, 0) is 6.54 Å². The molecule has 1 aromatic heterocycles. The number of nitrogens with one attached hydrogen (secondary N) is 1. The van der Waals surface area contributed by atoms with Gasteiger partial charge in [0.1, 0.15) is 5.76 Å². The van der Waals surface area contributed by atoms with Crippen LogP contribution < -0.4 is 5.32 Å². The molecular formula is C12H17ClN2O. The van der Waals surface area contributed by atoms with Crippen LogP contribution in [-0.4, -0.2) is 30.1 Å². The van der Waals surface area contributed by atoms with Gasteiger partial charge in [0.2, 0.25) is 0 Å². The molecule has 1 saturated heterocycles. The summed E-state index contributed by atoms with van der Waals surface area (Å²) in [4.78, 5) is 2.60. The van der Waals surface area contributed by atoms with Gasteiger partial charge in [0.05, 0.1) is 6.54 Å². The Balaban J connectivity index is 1.45. The van der Waals surface area contributed by atoms with Crippen molar-refractivity contribution in [1.29, 1.82) is 0 Å². The van der Waals surface area contributed by atoms with E-state index in [1.807, 2.05) is 6.07 Å². The zero-order valence-electron chi connectivity index (χ0n) is 9.29. The summed E-state index contributed by atoms with van der Waals surface area (Å²) in [5, 5.41) is 4.00. The third kappa shape index (κ3) is 2.42. The minimum absolute atomic E-state index is 0.475. The fourth-order valence-electron chi connectivity index (χ4n) is 2.42. The van der Waals surface area contributed by atoms with Gasteiger partial charge in [0.15, 0.2) is 5.22 Å². The van der Waals surface area contributed by atoms with E-state index in [2.05, 4.69) is 10.2 Å². The monoisotopic (exact) mass is 240 g/mol. The lowest BCUT2D eigenvalue weighted by atomic mass is 10.2. The van der Waals surface area contributed by atoms with Crippen molar-refractivity contribution < 1.29 is 4.42 Å². The quantitative estimate of drug-likeness (QED) is 0.875. The van der Waals surface area contributed by atoms with Crippen molar-refractivity contribution in [2.24, 2.45) is 0 Å². The van der Waals surface area contributed by atoms with Crippen LogP contribution in [0.4, 0.5) is 0 Å². The molecule has 2 fully saturated rings. The van der Waals surface area contributed by atoms with Gasteiger partial charge in [0, 0.05) is 25.2 Å². The summed E-state index contributed by atoms with van der Waals surface area (Å²) in [6.45, 7) is 3.23. The first-order valence-corrected chi connectivity index (χ1v) is 6.41. The molecule has 0 amide bonds. The molecule has 0 aromatic carbocycles. The topological polar surface area (TPSA) is 28.4 Å². The van der Waals surface area contributed by atoms with E-state index in [-0.39, 0.29) is 0 Å². The molecule has 2 aliphatic rings. The lowest BCUT2D eigenvalue weighted by Gasteiger charge is -2.15. The minimum atomic E-state index is 0.475. The first kappa shape index (κ1) is 10.6. The normalized spacial score (nSPS) is 26.4. The van der Waals surface area contributed by atoms with Gasteiger partial charge in [-0.15, -0.1) is 0 Å². The first-order valence-electron chi connectivity index (χ1n) is 6.03. The summed E-state index contributed by atoms with van der Waals surface area (Å²) < 4.78 is 5.32. The highest BCUT2D eigenvalue weighted by Crippen LogP contribution is 2.29. The fraction of sp³-hybridized carbons (Fsp3) is 0.667. The van der Waals surface area contributed by atoms with E-state index >= 15 is 0 Å². The van der Waals surface area contributed by atoms with Gasteiger partial charge in [-0.3, -0.25) is 4.90 Å². The Kier molecular flexibility index (Phi) is 2.92. The number of furan rings is 1. The Labute approximate surface area is 101 Å². The van der Waals surface area contributed by atoms with E-state index in [1.165, 1.54) is 32.4 Å². The SMILES string of the molecule is Clc1ccc(CNC2CCN(C3CC3)C2)o1. The second-order valence-electron chi connectivity index (χ2n) is 4.80. The lowest BCUT2D eigenvalue weighted by molar-refractivity contribution is 0.315. The molecule has 88 valence electrons. The highest BCUT2D eigenvalue weighted by Gasteiger charge is 2.34. The fourth-order valence-corrected chi connectivity index (χ4v) is 2.58. The number of likely N-dealkylation sites (tertiary alicyclic amines) is 1. The average molecular weight is 241 g/mol. The summed E-state index contributed by atoms with van der Waals surface area (Å²) in [5.41, 5.74) is 0. The minimum Gasteiger partial charge on any atom is -0.448 e. The molecule has 1 aromatic rings. The molecule has 1 aliphatic carbocycles. The largest absolute Gasteiger partial charge is 0.448 e. The molecule has 3 rings (SSSR count). The van der Waals surface area contributed by atoms with E-state index in [9.17, 15) is 0 Å². The molecule has 1 saturated carbocycles. The van der Waals surface area contributed by atoms with Crippen LogP contribution in [0.15, 0.2) is 16.5 Å².